The van der Waals surface area contributed by atoms with Crippen molar-refractivity contribution >= 4 is 29.1 Å². The van der Waals surface area contributed by atoms with E-state index < -0.39 is 11.6 Å². The average molecular weight is 305 g/mol. The Morgan fingerprint density at radius 1 is 1.47 bits per heavy atom. The van der Waals surface area contributed by atoms with Crippen LogP contribution in [0.5, 0.6) is 5.75 Å². The lowest BCUT2D eigenvalue weighted by atomic mass is 10.1. The van der Waals surface area contributed by atoms with E-state index in [0.29, 0.717) is 22.3 Å². The molecule has 1 aromatic rings. The van der Waals surface area contributed by atoms with Crippen LogP contribution >= 0.6 is 23.2 Å². The monoisotopic (exact) mass is 304 g/mol. The number of amides is 1. The minimum atomic E-state index is -0.682. The maximum absolute atomic E-state index is 11.8. The number of halogens is 2. The zero-order chi connectivity index (χ0) is 14.6. The molecule has 0 saturated carbocycles. The summed E-state index contributed by atoms with van der Waals surface area (Å²) in [4.78, 5) is 11.8. The quantitative estimate of drug-likeness (QED) is 0.879. The lowest BCUT2D eigenvalue weighted by Crippen LogP contribution is -2.48. The third-order valence-electron chi connectivity index (χ3n) is 2.31. The highest BCUT2D eigenvalue weighted by atomic mass is 35.5. The van der Waals surface area contributed by atoms with Crippen molar-refractivity contribution in [1.82, 2.24) is 5.32 Å². The van der Waals surface area contributed by atoms with E-state index in [1.807, 2.05) is 13.8 Å². The molecule has 106 valence electrons. The van der Waals surface area contributed by atoms with Gasteiger partial charge in [0.2, 0.25) is 0 Å². The lowest BCUT2D eigenvalue weighted by molar-refractivity contribution is -0.127. The molecular formula is C13H18Cl2N2O2. The highest BCUT2D eigenvalue weighted by molar-refractivity contribution is 6.42. The van der Waals surface area contributed by atoms with Crippen LogP contribution in [0.1, 0.15) is 20.8 Å². The van der Waals surface area contributed by atoms with Crippen LogP contribution in [0.2, 0.25) is 10.0 Å². The van der Waals surface area contributed by atoms with Gasteiger partial charge in [0.1, 0.15) is 10.8 Å². The van der Waals surface area contributed by atoms with Crippen LogP contribution in [0.3, 0.4) is 0 Å². The van der Waals surface area contributed by atoms with Gasteiger partial charge >= 0.3 is 0 Å². The molecule has 19 heavy (non-hydrogen) atoms. The predicted octanol–water partition coefficient (Wildman–Crippen LogP) is 2.61. The van der Waals surface area contributed by atoms with E-state index in [1.54, 1.807) is 25.1 Å². The second-order valence-corrected chi connectivity index (χ2v) is 5.80. The van der Waals surface area contributed by atoms with E-state index in [9.17, 15) is 4.79 Å². The zero-order valence-corrected chi connectivity index (χ0v) is 12.7. The van der Waals surface area contributed by atoms with E-state index in [0.717, 1.165) is 0 Å². The standard InChI is InChI=1S/C13H18Cl2N2O2/c1-8(12(18)17-7-13(2,3)16)19-10-6-4-5-9(14)11(10)15/h4-6,8H,7,16H2,1-3H3,(H,17,18). The number of carbonyl (C=O) groups excluding carboxylic acids is 1. The van der Waals surface area contributed by atoms with Crippen LogP contribution in [0.15, 0.2) is 18.2 Å². The van der Waals surface area contributed by atoms with Gasteiger partial charge in [-0.2, -0.15) is 0 Å². The number of carbonyl (C=O) groups is 1. The number of nitrogens with one attached hydrogen (secondary N) is 1. The van der Waals surface area contributed by atoms with E-state index in [-0.39, 0.29) is 5.91 Å². The number of benzene rings is 1. The number of hydrogen-bond acceptors (Lipinski definition) is 3. The molecule has 0 aliphatic heterocycles. The molecule has 0 saturated heterocycles. The van der Waals surface area contributed by atoms with Crippen molar-refractivity contribution in [1.29, 1.82) is 0 Å². The molecule has 1 amide bonds. The van der Waals surface area contributed by atoms with Gasteiger partial charge in [-0.1, -0.05) is 29.3 Å². The fraction of sp³-hybridized carbons (Fsp3) is 0.462. The van der Waals surface area contributed by atoms with E-state index in [2.05, 4.69) is 5.32 Å². The first-order valence-electron chi connectivity index (χ1n) is 5.88. The van der Waals surface area contributed by atoms with E-state index in [4.69, 9.17) is 33.7 Å². The molecular weight excluding hydrogens is 287 g/mol. The Hall–Kier alpha value is -0.970. The van der Waals surface area contributed by atoms with Crippen molar-refractivity contribution in [2.45, 2.75) is 32.4 Å². The van der Waals surface area contributed by atoms with Crippen LogP contribution in [0.4, 0.5) is 0 Å². The summed E-state index contributed by atoms with van der Waals surface area (Å²) in [5, 5.41) is 3.39. The second-order valence-electron chi connectivity index (χ2n) is 5.02. The molecule has 0 spiro atoms. The Labute approximate surface area is 123 Å². The smallest absolute Gasteiger partial charge is 0.260 e. The van der Waals surface area contributed by atoms with Gasteiger partial charge in [0, 0.05) is 12.1 Å². The van der Waals surface area contributed by atoms with Crippen molar-refractivity contribution < 1.29 is 9.53 Å². The summed E-state index contributed by atoms with van der Waals surface area (Å²) in [5.74, 6) is 0.124. The SMILES string of the molecule is CC(Oc1cccc(Cl)c1Cl)C(=O)NCC(C)(C)N. The first kappa shape index (κ1) is 16.1. The Morgan fingerprint density at radius 2 is 2.11 bits per heavy atom. The Morgan fingerprint density at radius 3 is 2.68 bits per heavy atom. The summed E-state index contributed by atoms with van der Waals surface area (Å²) in [6, 6.07) is 5.01. The summed E-state index contributed by atoms with van der Waals surface area (Å²) >= 11 is 11.9. The van der Waals surface area contributed by atoms with Gasteiger partial charge in [-0.05, 0) is 32.9 Å². The predicted molar refractivity (Wildman–Crippen MR) is 77.8 cm³/mol. The average Bonchev–Trinajstić information content (AvgIpc) is 2.31. The van der Waals surface area contributed by atoms with Crippen molar-refractivity contribution in [2.24, 2.45) is 5.73 Å². The zero-order valence-electron chi connectivity index (χ0n) is 11.2. The van der Waals surface area contributed by atoms with Crippen LogP contribution < -0.4 is 15.8 Å². The summed E-state index contributed by atoms with van der Waals surface area (Å²) < 4.78 is 5.48. The molecule has 0 aliphatic carbocycles. The van der Waals surface area contributed by atoms with Crippen LogP contribution in [-0.4, -0.2) is 24.1 Å². The van der Waals surface area contributed by atoms with Gasteiger partial charge in [-0.15, -0.1) is 0 Å². The number of hydrogen-bond donors (Lipinski definition) is 2. The van der Waals surface area contributed by atoms with Gasteiger partial charge in [-0.3, -0.25) is 4.79 Å². The molecule has 1 rings (SSSR count). The summed E-state index contributed by atoms with van der Waals surface area (Å²) in [6.07, 6.45) is -0.682. The molecule has 4 nitrogen and oxygen atoms in total. The summed E-state index contributed by atoms with van der Waals surface area (Å²) in [6.45, 7) is 5.65. The fourth-order valence-corrected chi connectivity index (χ4v) is 1.61. The topological polar surface area (TPSA) is 64.3 Å². The maximum atomic E-state index is 11.8. The van der Waals surface area contributed by atoms with Crippen LogP contribution in [-0.2, 0) is 4.79 Å². The lowest BCUT2D eigenvalue weighted by Gasteiger charge is -2.21. The van der Waals surface area contributed by atoms with Gasteiger partial charge < -0.3 is 15.8 Å². The van der Waals surface area contributed by atoms with Gasteiger partial charge in [0.15, 0.2) is 6.10 Å². The molecule has 0 fully saturated rings. The molecule has 1 aromatic carbocycles. The van der Waals surface area contributed by atoms with Crippen LogP contribution in [0.25, 0.3) is 0 Å². The summed E-state index contributed by atoms with van der Waals surface area (Å²) in [5.41, 5.74) is 5.32. The fourth-order valence-electron chi connectivity index (χ4n) is 1.28. The normalized spacial score (nSPS) is 12.9. The molecule has 0 aromatic heterocycles. The minimum absolute atomic E-state index is 0.255. The van der Waals surface area contributed by atoms with Crippen molar-refractivity contribution in [3.8, 4) is 5.75 Å². The Bertz CT molecular complexity index is 458. The Balaban J connectivity index is 2.62. The molecule has 1 atom stereocenters. The molecule has 3 N–H and O–H groups in total. The van der Waals surface area contributed by atoms with Gasteiger partial charge in [-0.25, -0.2) is 0 Å². The van der Waals surface area contributed by atoms with Gasteiger partial charge in [0.25, 0.3) is 5.91 Å². The number of rotatable bonds is 5. The third kappa shape index (κ3) is 5.27. The molecule has 1 unspecified atom stereocenters. The van der Waals surface area contributed by atoms with Crippen LogP contribution in [0, 0.1) is 0 Å². The number of ether oxygens (including phenoxy) is 1. The van der Waals surface area contributed by atoms with E-state index >= 15 is 0 Å². The molecule has 6 heteroatoms. The summed E-state index contributed by atoms with van der Waals surface area (Å²) in [7, 11) is 0. The molecule has 0 aliphatic rings. The van der Waals surface area contributed by atoms with Gasteiger partial charge in [0.05, 0.1) is 5.02 Å². The molecule has 0 heterocycles. The van der Waals surface area contributed by atoms with E-state index in [1.165, 1.54) is 0 Å². The van der Waals surface area contributed by atoms with Crippen molar-refractivity contribution in [2.75, 3.05) is 6.54 Å². The largest absolute Gasteiger partial charge is 0.479 e. The van der Waals surface area contributed by atoms with Crippen molar-refractivity contribution in [3.63, 3.8) is 0 Å². The Kier molecular flexibility index (Phi) is 5.47. The first-order chi connectivity index (χ1) is 8.70. The van der Waals surface area contributed by atoms with Crippen molar-refractivity contribution in [3.05, 3.63) is 28.2 Å². The third-order valence-corrected chi connectivity index (χ3v) is 3.11. The minimum Gasteiger partial charge on any atom is -0.479 e. The first-order valence-corrected chi connectivity index (χ1v) is 6.63. The maximum Gasteiger partial charge on any atom is 0.260 e. The highest BCUT2D eigenvalue weighted by Gasteiger charge is 2.19. The second kappa shape index (κ2) is 6.46. The molecule has 0 bridgehead atoms. The highest BCUT2D eigenvalue weighted by Crippen LogP contribution is 2.32. The number of nitrogens with two attached hydrogens (primary N) is 1. The molecule has 0 radical (unpaired) electrons.